The van der Waals surface area contributed by atoms with Crippen molar-refractivity contribution in [3.05, 3.63) is 35.9 Å². The molecule has 8 nitrogen and oxygen atoms in total. The fourth-order valence-corrected chi connectivity index (χ4v) is 5.45. The molecule has 0 radical (unpaired) electrons. The third-order valence-corrected chi connectivity index (χ3v) is 6.96. The summed E-state index contributed by atoms with van der Waals surface area (Å²) in [5, 5.41) is 2.20. The van der Waals surface area contributed by atoms with Crippen LogP contribution in [0.2, 0.25) is 0 Å². The van der Waals surface area contributed by atoms with Crippen molar-refractivity contribution in [2.75, 3.05) is 13.2 Å². The van der Waals surface area contributed by atoms with Gasteiger partial charge >= 0.3 is 11.9 Å². The van der Waals surface area contributed by atoms with Crippen LogP contribution in [0.3, 0.4) is 0 Å². The van der Waals surface area contributed by atoms with Crippen molar-refractivity contribution in [3.8, 4) is 0 Å². The topological polar surface area (TPSA) is 102 Å². The number of amides is 2. The number of nitrogens with one attached hydrogen (secondary N) is 1. The molecule has 3 rings (SSSR count). The standard InChI is InChI=1S/C20H21Cl3N2O6S/c1-11(26)30-9-19(2)15(18(29)31-10-20(21,22)23)25-16(28)14(17(25)32-19)24-13(27)8-12-6-4-3-5-7-12/h3-7,14-15,17H,8-10H2,1-2H3,(H,24,27)/t14?,15?,17-,19?/m1/s1. The van der Waals surface area contributed by atoms with Gasteiger partial charge in [0.05, 0.1) is 11.2 Å². The van der Waals surface area contributed by atoms with Crippen molar-refractivity contribution >= 4 is 70.3 Å². The maximum atomic E-state index is 12.9. The minimum absolute atomic E-state index is 0.113. The van der Waals surface area contributed by atoms with Crippen LogP contribution in [0, 0.1) is 0 Å². The number of thioether (sulfide) groups is 1. The van der Waals surface area contributed by atoms with Crippen molar-refractivity contribution in [3.63, 3.8) is 0 Å². The highest BCUT2D eigenvalue weighted by Gasteiger charge is 2.66. The van der Waals surface area contributed by atoms with Crippen molar-refractivity contribution in [2.24, 2.45) is 0 Å². The summed E-state index contributed by atoms with van der Waals surface area (Å²) in [4.78, 5) is 50.8. The number of β-lactam (4-membered cyclic amide) rings is 1. The lowest BCUT2D eigenvalue weighted by Crippen LogP contribution is -2.71. The number of benzene rings is 1. The number of carbonyl (C=O) groups excluding carboxylic acids is 4. The van der Waals surface area contributed by atoms with Gasteiger partial charge in [-0.3, -0.25) is 14.4 Å². The maximum Gasteiger partial charge on any atom is 0.330 e. The number of hydrogen-bond donors (Lipinski definition) is 1. The third-order valence-electron chi connectivity index (χ3n) is 5.01. The van der Waals surface area contributed by atoms with E-state index in [1.165, 1.54) is 23.6 Å². The van der Waals surface area contributed by atoms with Crippen LogP contribution < -0.4 is 5.32 Å². The Labute approximate surface area is 204 Å². The van der Waals surface area contributed by atoms with Gasteiger partial charge in [0, 0.05) is 6.92 Å². The molecule has 2 heterocycles. The van der Waals surface area contributed by atoms with Crippen LogP contribution in [-0.2, 0) is 35.1 Å². The van der Waals surface area contributed by atoms with Gasteiger partial charge in [0.25, 0.3) is 0 Å². The molecule has 2 fully saturated rings. The van der Waals surface area contributed by atoms with E-state index in [2.05, 4.69) is 5.32 Å². The first kappa shape index (κ1) is 25.0. The van der Waals surface area contributed by atoms with Gasteiger partial charge in [-0.2, -0.15) is 0 Å². The first-order valence-electron chi connectivity index (χ1n) is 9.61. The zero-order valence-electron chi connectivity index (χ0n) is 17.2. The molecule has 0 spiro atoms. The van der Waals surface area contributed by atoms with Gasteiger partial charge in [-0.15, -0.1) is 11.8 Å². The van der Waals surface area contributed by atoms with Crippen LogP contribution in [0.5, 0.6) is 0 Å². The summed E-state index contributed by atoms with van der Waals surface area (Å²) in [6.07, 6.45) is 0.113. The predicted octanol–water partition coefficient (Wildman–Crippen LogP) is 2.23. The van der Waals surface area contributed by atoms with Crippen LogP contribution in [0.25, 0.3) is 0 Å². The van der Waals surface area contributed by atoms with Crippen molar-refractivity contribution in [2.45, 2.75) is 46.3 Å². The van der Waals surface area contributed by atoms with E-state index in [1.807, 2.05) is 30.3 Å². The monoisotopic (exact) mass is 522 g/mol. The zero-order valence-corrected chi connectivity index (χ0v) is 20.3. The van der Waals surface area contributed by atoms with E-state index in [4.69, 9.17) is 44.3 Å². The lowest BCUT2D eigenvalue weighted by atomic mass is 9.95. The number of esters is 2. The number of hydrogen-bond acceptors (Lipinski definition) is 7. The Bertz CT molecular complexity index is 912. The first-order chi connectivity index (χ1) is 14.9. The van der Waals surface area contributed by atoms with E-state index in [0.717, 1.165) is 5.56 Å². The molecule has 3 unspecified atom stereocenters. The summed E-state index contributed by atoms with van der Waals surface area (Å²) in [6.45, 7) is 2.26. The smallest absolute Gasteiger partial charge is 0.330 e. The second-order valence-corrected chi connectivity index (χ2v) is 11.8. The van der Waals surface area contributed by atoms with Gasteiger partial charge in [-0.1, -0.05) is 65.1 Å². The third kappa shape index (κ3) is 5.62. The molecule has 1 N–H and O–H groups in total. The lowest BCUT2D eigenvalue weighted by Gasteiger charge is -2.44. The Hall–Kier alpha value is -1.68. The summed E-state index contributed by atoms with van der Waals surface area (Å²) in [7, 11) is 0. The van der Waals surface area contributed by atoms with Crippen LogP contribution in [0.1, 0.15) is 19.4 Å². The van der Waals surface area contributed by atoms with Gasteiger partial charge in [0.2, 0.25) is 15.6 Å². The Morgan fingerprint density at radius 2 is 1.84 bits per heavy atom. The molecular formula is C20H21Cl3N2O6S. The molecule has 1 aromatic rings. The SMILES string of the molecule is CC(=O)OCC1(C)S[C@@H]2C(NC(=O)Cc3ccccc3)C(=O)N2C1C(=O)OCC(Cl)(Cl)Cl. The van der Waals surface area contributed by atoms with Gasteiger partial charge in [0.15, 0.2) is 0 Å². The quantitative estimate of drug-likeness (QED) is 0.332. The van der Waals surface area contributed by atoms with E-state index in [0.29, 0.717) is 0 Å². The molecule has 2 aliphatic rings. The number of ether oxygens (including phenoxy) is 2. The summed E-state index contributed by atoms with van der Waals surface area (Å²) < 4.78 is 7.42. The summed E-state index contributed by atoms with van der Waals surface area (Å²) in [5.74, 6) is -2.08. The molecule has 0 aliphatic carbocycles. The van der Waals surface area contributed by atoms with Crippen LogP contribution in [-0.4, -0.2) is 67.9 Å². The predicted molar refractivity (Wildman–Crippen MR) is 120 cm³/mol. The molecule has 32 heavy (non-hydrogen) atoms. The first-order valence-corrected chi connectivity index (χ1v) is 11.6. The van der Waals surface area contributed by atoms with E-state index in [-0.39, 0.29) is 18.9 Å². The second-order valence-electron chi connectivity index (χ2n) is 7.68. The summed E-state index contributed by atoms with van der Waals surface area (Å²) in [6, 6.07) is 7.20. The van der Waals surface area contributed by atoms with Crippen LogP contribution in [0.15, 0.2) is 30.3 Å². The molecule has 2 aliphatic heterocycles. The summed E-state index contributed by atoms with van der Waals surface area (Å²) >= 11 is 18.2. The molecular weight excluding hydrogens is 503 g/mol. The Kier molecular flexibility index (Phi) is 7.54. The Balaban J connectivity index is 1.73. The van der Waals surface area contributed by atoms with E-state index >= 15 is 0 Å². The normalized spacial score (nSPS) is 26.7. The zero-order chi connectivity index (χ0) is 23.7. The van der Waals surface area contributed by atoms with E-state index in [9.17, 15) is 19.2 Å². The average Bonchev–Trinajstić information content (AvgIpc) is 2.99. The highest BCUT2D eigenvalue weighted by Crippen LogP contribution is 2.51. The van der Waals surface area contributed by atoms with Crippen molar-refractivity contribution in [1.82, 2.24) is 10.2 Å². The molecule has 0 bridgehead atoms. The average molecular weight is 524 g/mol. The van der Waals surface area contributed by atoms with Gasteiger partial charge in [-0.05, 0) is 12.5 Å². The highest BCUT2D eigenvalue weighted by molar-refractivity contribution is 8.01. The van der Waals surface area contributed by atoms with Gasteiger partial charge in [0.1, 0.15) is 30.7 Å². The largest absolute Gasteiger partial charge is 0.464 e. The molecule has 1 aromatic carbocycles. The van der Waals surface area contributed by atoms with Gasteiger partial charge in [-0.25, -0.2) is 4.79 Å². The molecule has 0 aromatic heterocycles. The minimum Gasteiger partial charge on any atom is -0.464 e. The second kappa shape index (κ2) is 9.67. The van der Waals surface area contributed by atoms with Crippen LogP contribution >= 0.6 is 46.6 Å². The van der Waals surface area contributed by atoms with E-state index in [1.54, 1.807) is 6.92 Å². The molecule has 12 heteroatoms. The molecule has 2 saturated heterocycles. The number of fused-ring (bicyclic) bond motifs is 1. The lowest BCUT2D eigenvalue weighted by molar-refractivity contribution is -0.165. The number of nitrogens with zero attached hydrogens (tertiary/aromatic N) is 1. The van der Waals surface area contributed by atoms with Gasteiger partial charge < -0.3 is 19.7 Å². The molecule has 0 saturated carbocycles. The fourth-order valence-electron chi connectivity index (χ4n) is 3.61. The maximum absolute atomic E-state index is 12.9. The number of rotatable bonds is 7. The minimum atomic E-state index is -1.82. The molecule has 2 amide bonds. The van der Waals surface area contributed by atoms with Crippen molar-refractivity contribution < 1.29 is 28.7 Å². The Morgan fingerprint density at radius 3 is 2.44 bits per heavy atom. The number of carbonyl (C=O) groups is 4. The fraction of sp³-hybridized carbons (Fsp3) is 0.500. The highest BCUT2D eigenvalue weighted by atomic mass is 35.6. The molecule has 4 atom stereocenters. The number of halogens is 3. The van der Waals surface area contributed by atoms with Crippen molar-refractivity contribution in [1.29, 1.82) is 0 Å². The summed E-state index contributed by atoms with van der Waals surface area (Å²) in [5.41, 5.74) is 0.806. The van der Waals surface area contributed by atoms with E-state index < -0.39 is 50.4 Å². The molecule has 174 valence electrons. The Morgan fingerprint density at radius 1 is 1.19 bits per heavy atom. The number of alkyl halides is 3. The van der Waals surface area contributed by atoms with Crippen LogP contribution in [0.4, 0.5) is 0 Å².